The van der Waals surface area contributed by atoms with Crippen LogP contribution in [0.15, 0.2) is 0 Å². The van der Waals surface area contributed by atoms with Crippen LogP contribution in [0.1, 0.15) is 67.7 Å². The molecule has 0 amide bonds. The lowest BCUT2D eigenvalue weighted by Crippen LogP contribution is -2.51. The lowest BCUT2D eigenvalue weighted by Gasteiger charge is -2.34. The highest BCUT2D eigenvalue weighted by molar-refractivity contribution is 5.06. The molecule has 0 aromatic rings. The third kappa shape index (κ3) is 4.94. The molecule has 0 aromatic carbocycles. The van der Waals surface area contributed by atoms with Crippen LogP contribution in [0.5, 0.6) is 0 Å². The molecule has 0 aliphatic carbocycles. The molecule has 1 fully saturated rings. The van der Waals surface area contributed by atoms with Crippen molar-refractivity contribution in [1.82, 2.24) is 10.2 Å². The Morgan fingerprint density at radius 2 is 1.67 bits per heavy atom. The molecule has 3 heteroatoms. The number of hydrogen-bond donors (Lipinski definition) is 1. The van der Waals surface area contributed by atoms with E-state index < -0.39 is 0 Å². The van der Waals surface area contributed by atoms with E-state index in [-0.39, 0.29) is 11.2 Å². The molecular formula is C18H38N2O. The Balaban J connectivity index is 2.81. The van der Waals surface area contributed by atoms with E-state index in [2.05, 4.69) is 58.7 Å². The number of nitrogens with one attached hydrogen (secondary N) is 1. The van der Waals surface area contributed by atoms with Crippen molar-refractivity contribution < 1.29 is 4.74 Å². The van der Waals surface area contributed by atoms with Gasteiger partial charge in [0, 0.05) is 18.5 Å². The Morgan fingerprint density at radius 3 is 2.19 bits per heavy atom. The zero-order valence-corrected chi connectivity index (χ0v) is 15.5. The molecular weight excluding hydrogens is 260 g/mol. The van der Waals surface area contributed by atoms with Crippen LogP contribution < -0.4 is 5.32 Å². The summed E-state index contributed by atoms with van der Waals surface area (Å²) < 4.78 is 6.42. The summed E-state index contributed by atoms with van der Waals surface area (Å²) in [6.07, 6.45) is 3.73. The van der Waals surface area contributed by atoms with Crippen LogP contribution in [0.3, 0.4) is 0 Å². The number of nitrogens with zero attached hydrogens (tertiary/aromatic N) is 1. The van der Waals surface area contributed by atoms with E-state index in [1.807, 2.05) is 0 Å². The van der Waals surface area contributed by atoms with E-state index >= 15 is 0 Å². The molecule has 3 nitrogen and oxygen atoms in total. The highest BCUT2D eigenvalue weighted by Crippen LogP contribution is 2.42. The highest BCUT2D eigenvalue weighted by Gasteiger charge is 2.53. The number of hydrogen-bond acceptors (Lipinski definition) is 3. The quantitative estimate of drug-likeness (QED) is 0.703. The van der Waals surface area contributed by atoms with Crippen molar-refractivity contribution in [3.8, 4) is 0 Å². The Hall–Kier alpha value is -0.120. The maximum absolute atomic E-state index is 6.42. The maximum atomic E-state index is 6.42. The van der Waals surface area contributed by atoms with E-state index in [9.17, 15) is 0 Å². The van der Waals surface area contributed by atoms with Crippen molar-refractivity contribution in [2.24, 2.45) is 5.92 Å². The molecule has 1 saturated heterocycles. The predicted octanol–water partition coefficient (Wildman–Crippen LogP) is 3.68. The number of rotatable bonds is 9. The van der Waals surface area contributed by atoms with Crippen LogP contribution in [0.4, 0.5) is 0 Å². The van der Waals surface area contributed by atoms with Crippen molar-refractivity contribution in [3.05, 3.63) is 0 Å². The average molecular weight is 299 g/mol. The fraction of sp³-hybridized carbons (Fsp3) is 1.00. The molecule has 2 atom stereocenters. The molecule has 1 aliphatic heterocycles. The summed E-state index contributed by atoms with van der Waals surface area (Å²) in [6.45, 7) is 20.3. The Labute approximate surface area is 132 Å². The van der Waals surface area contributed by atoms with Gasteiger partial charge in [-0.15, -0.1) is 0 Å². The maximum Gasteiger partial charge on any atom is 0.0790 e. The standard InChI is InChI=1S/C18H38N2O/c1-8-11-13-20(10-3)14-15-16(19-12-9-2)18(6,7)21-17(15,4)5/h15-16,19H,8-14H2,1-7H3. The van der Waals surface area contributed by atoms with Gasteiger partial charge in [0.05, 0.1) is 11.2 Å². The minimum Gasteiger partial charge on any atom is -0.368 e. The summed E-state index contributed by atoms with van der Waals surface area (Å²) in [5.41, 5.74) is -0.151. The Kier molecular flexibility index (Phi) is 7.15. The summed E-state index contributed by atoms with van der Waals surface area (Å²) in [5.74, 6) is 0.538. The van der Waals surface area contributed by atoms with Gasteiger partial charge in [0.2, 0.25) is 0 Å². The first kappa shape index (κ1) is 18.9. The summed E-state index contributed by atoms with van der Waals surface area (Å²) in [4.78, 5) is 2.60. The molecule has 21 heavy (non-hydrogen) atoms. The third-order valence-corrected chi connectivity index (χ3v) is 4.91. The first-order valence-electron chi connectivity index (χ1n) is 8.94. The minimum absolute atomic E-state index is 0.0610. The van der Waals surface area contributed by atoms with Gasteiger partial charge in [-0.05, 0) is 60.2 Å². The van der Waals surface area contributed by atoms with E-state index in [0.717, 1.165) is 19.6 Å². The minimum atomic E-state index is -0.0898. The zero-order valence-electron chi connectivity index (χ0n) is 15.5. The van der Waals surface area contributed by atoms with Gasteiger partial charge in [-0.1, -0.05) is 27.2 Å². The van der Waals surface area contributed by atoms with Gasteiger partial charge in [-0.2, -0.15) is 0 Å². The van der Waals surface area contributed by atoms with E-state index in [1.54, 1.807) is 0 Å². The summed E-state index contributed by atoms with van der Waals surface area (Å²) in [5, 5.41) is 3.76. The van der Waals surface area contributed by atoms with Crippen molar-refractivity contribution in [3.63, 3.8) is 0 Å². The van der Waals surface area contributed by atoms with Crippen LogP contribution >= 0.6 is 0 Å². The zero-order chi connectivity index (χ0) is 16.1. The average Bonchev–Trinajstić information content (AvgIpc) is 2.56. The molecule has 0 spiro atoms. The van der Waals surface area contributed by atoms with Crippen molar-refractivity contribution >= 4 is 0 Å². The normalized spacial score (nSPS) is 27.4. The second-order valence-electron chi connectivity index (χ2n) is 7.59. The third-order valence-electron chi connectivity index (χ3n) is 4.91. The molecule has 1 heterocycles. The largest absolute Gasteiger partial charge is 0.368 e. The monoisotopic (exact) mass is 298 g/mol. The SMILES string of the molecule is CCCCN(CC)CC1C(NCCC)C(C)(C)OC1(C)C. The summed E-state index contributed by atoms with van der Waals surface area (Å²) in [7, 11) is 0. The van der Waals surface area contributed by atoms with Crippen LogP contribution in [0.25, 0.3) is 0 Å². The van der Waals surface area contributed by atoms with E-state index in [1.165, 1.54) is 25.8 Å². The van der Waals surface area contributed by atoms with Gasteiger partial charge >= 0.3 is 0 Å². The Morgan fingerprint density at radius 1 is 1.00 bits per heavy atom. The lowest BCUT2D eigenvalue weighted by atomic mass is 9.82. The van der Waals surface area contributed by atoms with E-state index in [0.29, 0.717) is 12.0 Å². The molecule has 0 aromatic heterocycles. The van der Waals surface area contributed by atoms with Crippen LogP contribution in [-0.2, 0) is 4.74 Å². The molecule has 1 rings (SSSR count). The second-order valence-corrected chi connectivity index (χ2v) is 7.59. The summed E-state index contributed by atoms with van der Waals surface area (Å²) >= 11 is 0. The van der Waals surface area contributed by atoms with Gasteiger partial charge in [-0.25, -0.2) is 0 Å². The Bertz CT molecular complexity index is 302. The fourth-order valence-corrected chi connectivity index (χ4v) is 3.75. The van der Waals surface area contributed by atoms with Gasteiger partial charge in [0.1, 0.15) is 0 Å². The molecule has 0 bridgehead atoms. The van der Waals surface area contributed by atoms with Crippen molar-refractivity contribution in [1.29, 1.82) is 0 Å². The van der Waals surface area contributed by atoms with Gasteiger partial charge in [0.15, 0.2) is 0 Å². The number of unbranched alkanes of at least 4 members (excludes halogenated alkanes) is 1. The molecule has 1 N–H and O–H groups in total. The van der Waals surface area contributed by atoms with Gasteiger partial charge in [0.25, 0.3) is 0 Å². The van der Waals surface area contributed by atoms with Gasteiger partial charge in [-0.3, -0.25) is 0 Å². The smallest absolute Gasteiger partial charge is 0.0790 e. The van der Waals surface area contributed by atoms with E-state index in [4.69, 9.17) is 4.74 Å². The fourth-order valence-electron chi connectivity index (χ4n) is 3.75. The summed E-state index contributed by atoms with van der Waals surface area (Å²) in [6, 6.07) is 0.433. The molecule has 0 radical (unpaired) electrons. The van der Waals surface area contributed by atoms with Crippen LogP contribution in [0.2, 0.25) is 0 Å². The van der Waals surface area contributed by atoms with Crippen molar-refractivity contribution in [2.75, 3.05) is 26.2 Å². The lowest BCUT2D eigenvalue weighted by molar-refractivity contribution is -0.0795. The van der Waals surface area contributed by atoms with Crippen molar-refractivity contribution in [2.45, 2.75) is 85.0 Å². The van der Waals surface area contributed by atoms with Crippen LogP contribution in [-0.4, -0.2) is 48.3 Å². The van der Waals surface area contributed by atoms with Crippen LogP contribution in [0, 0.1) is 5.92 Å². The second kappa shape index (κ2) is 7.94. The molecule has 126 valence electrons. The first-order valence-corrected chi connectivity index (χ1v) is 8.94. The van der Waals surface area contributed by atoms with Gasteiger partial charge < -0.3 is 15.0 Å². The molecule has 0 saturated carbocycles. The predicted molar refractivity (Wildman–Crippen MR) is 91.8 cm³/mol. The molecule has 1 aliphatic rings. The number of ether oxygens (including phenoxy) is 1. The highest BCUT2D eigenvalue weighted by atomic mass is 16.5. The topological polar surface area (TPSA) is 24.5 Å². The first-order chi connectivity index (χ1) is 9.78. The molecule has 2 unspecified atom stereocenters.